The molecule has 4 aromatic rings. The molecule has 30 heavy (non-hydrogen) atoms. The zero-order valence-electron chi connectivity index (χ0n) is 17.3. The van der Waals surface area contributed by atoms with E-state index in [1.54, 1.807) is 32.0 Å². The van der Waals surface area contributed by atoms with Crippen molar-refractivity contribution < 1.29 is 9.53 Å². The number of pyridine rings is 1. The number of ether oxygens (including phenoxy) is 1. The summed E-state index contributed by atoms with van der Waals surface area (Å²) in [5, 5.41) is 3.66. The number of amides is 1. The van der Waals surface area contributed by atoms with E-state index in [1.165, 1.54) is 6.92 Å². The van der Waals surface area contributed by atoms with Crippen molar-refractivity contribution in [1.29, 1.82) is 0 Å². The molecule has 0 unspecified atom stereocenters. The Kier molecular flexibility index (Phi) is 5.14. The van der Waals surface area contributed by atoms with Crippen molar-refractivity contribution in [3.8, 4) is 28.4 Å². The number of aryl methyl sites for hydroxylation is 2. The molecule has 0 aliphatic carbocycles. The maximum Gasteiger partial charge on any atom is 0.221 e. The van der Waals surface area contributed by atoms with E-state index >= 15 is 0 Å². The van der Waals surface area contributed by atoms with Gasteiger partial charge in [-0.25, -0.2) is 9.97 Å². The first-order valence-electron chi connectivity index (χ1n) is 9.60. The quantitative estimate of drug-likeness (QED) is 0.545. The Labute approximate surface area is 174 Å². The Morgan fingerprint density at radius 3 is 2.63 bits per heavy atom. The molecule has 0 saturated heterocycles. The van der Waals surface area contributed by atoms with Gasteiger partial charge in [-0.2, -0.15) is 0 Å². The van der Waals surface area contributed by atoms with Crippen LogP contribution >= 0.6 is 0 Å². The summed E-state index contributed by atoms with van der Waals surface area (Å²) in [6, 6.07) is 5.66. The summed E-state index contributed by atoms with van der Waals surface area (Å²) in [7, 11) is 1.56. The van der Waals surface area contributed by atoms with Crippen LogP contribution in [0.15, 0.2) is 43.1 Å². The van der Waals surface area contributed by atoms with E-state index in [2.05, 4.69) is 27.2 Å². The SMILES string of the molecule is CCn1cncc1-c1cc(-c2cnc(C)cn2)c2cc(NC(C)=O)c(OC)cc2n1. The van der Waals surface area contributed by atoms with Crippen LogP contribution in [0.25, 0.3) is 33.5 Å². The molecule has 0 radical (unpaired) electrons. The van der Waals surface area contributed by atoms with Gasteiger partial charge in [0.05, 0.1) is 59.8 Å². The van der Waals surface area contributed by atoms with E-state index in [4.69, 9.17) is 9.72 Å². The van der Waals surface area contributed by atoms with Gasteiger partial charge in [-0.15, -0.1) is 0 Å². The minimum atomic E-state index is -0.180. The van der Waals surface area contributed by atoms with Gasteiger partial charge in [0.25, 0.3) is 0 Å². The lowest BCUT2D eigenvalue weighted by Crippen LogP contribution is -2.07. The van der Waals surface area contributed by atoms with Gasteiger partial charge in [-0.1, -0.05) is 0 Å². The monoisotopic (exact) mass is 402 g/mol. The van der Waals surface area contributed by atoms with E-state index < -0.39 is 0 Å². The second-order valence-electron chi connectivity index (χ2n) is 6.91. The highest BCUT2D eigenvalue weighted by atomic mass is 16.5. The third-order valence-electron chi connectivity index (χ3n) is 4.81. The molecule has 0 aliphatic heterocycles. The van der Waals surface area contributed by atoms with Crippen LogP contribution in [-0.4, -0.2) is 37.5 Å². The summed E-state index contributed by atoms with van der Waals surface area (Å²) in [5.41, 5.74) is 5.39. The number of rotatable bonds is 5. The molecule has 3 heterocycles. The third kappa shape index (κ3) is 3.59. The Morgan fingerprint density at radius 2 is 1.97 bits per heavy atom. The van der Waals surface area contributed by atoms with Crippen LogP contribution in [0.2, 0.25) is 0 Å². The minimum absolute atomic E-state index is 0.180. The molecular formula is C22H22N6O2. The highest BCUT2D eigenvalue weighted by Gasteiger charge is 2.16. The number of hydrogen-bond acceptors (Lipinski definition) is 6. The van der Waals surface area contributed by atoms with Crippen LogP contribution in [0.1, 0.15) is 19.5 Å². The van der Waals surface area contributed by atoms with Crippen molar-refractivity contribution in [2.24, 2.45) is 0 Å². The molecule has 1 amide bonds. The Bertz CT molecular complexity index is 1230. The number of carbonyl (C=O) groups is 1. The first-order valence-corrected chi connectivity index (χ1v) is 9.60. The highest BCUT2D eigenvalue weighted by Crippen LogP contribution is 2.36. The largest absolute Gasteiger partial charge is 0.494 e. The number of hydrogen-bond donors (Lipinski definition) is 1. The number of nitrogens with zero attached hydrogens (tertiary/aromatic N) is 5. The Morgan fingerprint density at radius 1 is 1.13 bits per heavy atom. The van der Waals surface area contributed by atoms with Crippen LogP contribution in [0.5, 0.6) is 5.75 Å². The fraction of sp³-hybridized carbons (Fsp3) is 0.227. The van der Waals surface area contributed by atoms with Crippen LogP contribution in [0, 0.1) is 6.92 Å². The average Bonchev–Trinajstić information content (AvgIpc) is 3.22. The molecule has 152 valence electrons. The highest BCUT2D eigenvalue weighted by molar-refractivity contribution is 6.01. The molecule has 1 N–H and O–H groups in total. The van der Waals surface area contributed by atoms with Crippen molar-refractivity contribution in [3.63, 3.8) is 0 Å². The topological polar surface area (TPSA) is 94.8 Å². The van der Waals surface area contributed by atoms with Crippen molar-refractivity contribution >= 4 is 22.5 Å². The van der Waals surface area contributed by atoms with Crippen molar-refractivity contribution in [2.45, 2.75) is 27.3 Å². The van der Waals surface area contributed by atoms with Gasteiger partial charge in [-0.05, 0) is 26.0 Å². The molecule has 0 atom stereocenters. The first-order chi connectivity index (χ1) is 14.5. The van der Waals surface area contributed by atoms with Crippen LogP contribution in [0.3, 0.4) is 0 Å². The van der Waals surface area contributed by atoms with Gasteiger partial charge in [0.2, 0.25) is 5.91 Å². The number of fused-ring (bicyclic) bond motifs is 1. The summed E-state index contributed by atoms with van der Waals surface area (Å²) in [6.45, 7) is 6.19. The molecule has 0 spiro atoms. The number of aromatic nitrogens is 5. The second-order valence-corrected chi connectivity index (χ2v) is 6.91. The number of anilines is 1. The molecule has 0 saturated carbocycles. The fourth-order valence-corrected chi connectivity index (χ4v) is 3.37. The maximum absolute atomic E-state index is 11.7. The molecule has 1 aromatic carbocycles. The predicted molar refractivity (Wildman–Crippen MR) is 115 cm³/mol. The van der Waals surface area contributed by atoms with Gasteiger partial charge in [0.15, 0.2) is 0 Å². The Hall–Kier alpha value is -3.81. The molecular weight excluding hydrogens is 380 g/mol. The minimum Gasteiger partial charge on any atom is -0.494 e. The van der Waals surface area contributed by atoms with Crippen LogP contribution < -0.4 is 10.1 Å². The van der Waals surface area contributed by atoms with Crippen LogP contribution in [0.4, 0.5) is 5.69 Å². The van der Waals surface area contributed by atoms with Crippen molar-refractivity contribution in [1.82, 2.24) is 24.5 Å². The number of nitrogens with one attached hydrogen (secondary N) is 1. The molecule has 0 bridgehead atoms. The fourth-order valence-electron chi connectivity index (χ4n) is 3.37. The summed E-state index contributed by atoms with van der Waals surface area (Å²) < 4.78 is 7.52. The van der Waals surface area contributed by atoms with Crippen molar-refractivity contribution in [3.05, 3.63) is 48.8 Å². The summed E-state index contributed by atoms with van der Waals surface area (Å²) in [5.74, 6) is 0.355. The van der Waals surface area contributed by atoms with Crippen molar-refractivity contribution in [2.75, 3.05) is 12.4 Å². The smallest absolute Gasteiger partial charge is 0.221 e. The predicted octanol–water partition coefficient (Wildman–Crippen LogP) is 3.85. The van der Waals surface area contributed by atoms with Crippen LogP contribution in [-0.2, 0) is 11.3 Å². The third-order valence-corrected chi connectivity index (χ3v) is 4.81. The van der Waals surface area contributed by atoms with Gasteiger partial charge in [-0.3, -0.25) is 14.8 Å². The normalized spacial score (nSPS) is 10.9. The van der Waals surface area contributed by atoms with Gasteiger partial charge < -0.3 is 14.6 Å². The lowest BCUT2D eigenvalue weighted by Gasteiger charge is -2.14. The average molecular weight is 402 g/mol. The van der Waals surface area contributed by atoms with Gasteiger partial charge >= 0.3 is 0 Å². The van der Waals surface area contributed by atoms with E-state index in [1.807, 2.05) is 29.7 Å². The summed E-state index contributed by atoms with van der Waals surface area (Å²) >= 11 is 0. The first kappa shape index (κ1) is 19.5. The zero-order valence-corrected chi connectivity index (χ0v) is 17.3. The molecule has 4 rings (SSSR count). The molecule has 3 aromatic heterocycles. The van der Waals surface area contributed by atoms with Gasteiger partial charge in [0.1, 0.15) is 5.75 Å². The lowest BCUT2D eigenvalue weighted by molar-refractivity contribution is -0.114. The molecule has 0 aliphatic rings. The molecule has 8 nitrogen and oxygen atoms in total. The lowest BCUT2D eigenvalue weighted by atomic mass is 10.0. The van der Waals surface area contributed by atoms with E-state index in [-0.39, 0.29) is 5.91 Å². The number of methoxy groups -OCH3 is 1. The summed E-state index contributed by atoms with van der Waals surface area (Å²) in [4.78, 5) is 29.8. The van der Waals surface area contributed by atoms with E-state index in [0.29, 0.717) is 11.4 Å². The maximum atomic E-state index is 11.7. The van der Waals surface area contributed by atoms with E-state index in [9.17, 15) is 4.79 Å². The second kappa shape index (κ2) is 7.90. The zero-order chi connectivity index (χ0) is 21.3. The molecule has 0 fully saturated rings. The van der Waals surface area contributed by atoms with E-state index in [0.717, 1.165) is 45.8 Å². The number of benzene rings is 1. The number of carbonyl (C=O) groups excluding carboxylic acids is 1. The summed E-state index contributed by atoms with van der Waals surface area (Å²) in [6.07, 6.45) is 7.06. The Balaban J connectivity index is 2.02. The standard InChI is InChI=1S/C22H22N6O2/c1-5-28-12-23-11-21(28)18-6-16(20-10-24-13(2)9-25-20)15-7-19(26-14(3)29)22(30-4)8-17(15)27-18/h6-12H,5H2,1-4H3,(H,26,29). The number of imidazole rings is 1. The molecule has 8 heteroatoms. The van der Waals surface area contributed by atoms with Gasteiger partial charge in [0, 0.05) is 36.7 Å².